The Hall–Kier alpha value is -1.92. The molecule has 1 aromatic heterocycles. The number of amides is 1. The van der Waals surface area contributed by atoms with Gasteiger partial charge in [-0.3, -0.25) is 14.7 Å². The van der Waals surface area contributed by atoms with Crippen molar-refractivity contribution in [3.63, 3.8) is 0 Å². The monoisotopic (exact) mass is 268 g/mol. The van der Waals surface area contributed by atoms with E-state index in [0.717, 1.165) is 0 Å². The maximum atomic E-state index is 12.2. The minimum Gasteiger partial charge on any atom is -0.481 e. The van der Waals surface area contributed by atoms with E-state index in [-0.39, 0.29) is 36.7 Å². The number of carbonyl (C=O) groups excluding carboxylic acids is 1. The zero-order chi connectivity index (χ0) is 14.6. The lowest BCUT2D eigenvalue weighted by atomic mass is 10.2. The van der Waals surface area contributed by atoms with E-state index in [2.05, 4.69) is 15.2 Å². The molecule has 0 spiro atoms. The van der Waals surface area contributed by atoms with Gasteiger partial charge in [-0.15, -0.1) is 5.10 Å². The van der Waals surface area contributed by atoms with Gasteiger partial charge in [0.15, 0.2) is 0 Å². The molecule has 0 bridgehead atoms. The highest BCUT2D eigenvalue weighted by Gasteiger charge is 2.23. The summed E-state index contributed by atoms with van der Waals surface area (Å²) < 4.78 is 0. The van der Waals surface area contributed by atoms with Crippen LogP contribution >= 0.6 is 0 Å². The van der Waals surface area contributed by atoms with Crippen molar-refractivity contribution in [2.24, 2.45) is 0 Å². The number of hydrogen-bond acceptors (Lipinski definition) is 4. The summed E-state index contributed by atoms with van der Waals surface area (Å²) in [4.78, 5) is 28.4. The molecule has 1 aromatic rings. The second-order valence-electron chi connectivity index (χ2n) is 4.93. The van der Waals surface area contributed by atoms with E-state index < -0.39 is 5.97 Å². The largest absolute Gasteiger partial charge is 0.481 e. The van der Waals surface area contributed by atoms with Gasteiger partial charge in [-0.2, -0.15) is 0 Å². The molecule has 0 aliphatic rings. The molecule has 0 fully saturated rings. The predicted octanol–water partition coefficient (Wildman–Crippen LogP) is 1.25. The van der Waals surface area contributed by atoms with Crippen LogP contribution in [-0.4, -0.2) is 49.7 Å². The van der Waals surface area contributed by atoms with E-state index in [1.807, 2.05) is 27.7 Å². The fourth-order valence-corrected chi connectivity index (χ4v) is 1.57. The van der Waals surface area contributed by atoms with Crippen molar-refractivity contribution in [3.05, 3.63) is 11.6 Å². The molecular formula is C12H20N4O3. The van der Waals surface area contributed by atoms with E-state index in [4.69, 9.17) is 5.11 Å². The highest BCUT2D eigenvalue weighted by molar-refractivity contribution is 5.90. The quantitative estimate of drug-likeness (QED) is 0.809. The number of aromatic nitrogens is 3. The molecule has 0 aromatic carbocycles. The van der Waals surface area contributed by atoms with Crippen molar-refractivity contribution < 1.29 is 14.7 Å². The first-order chi connectivity index (χ1) is 8.82. The Morgan fingerprint density at radius 2 is 1.95 bits per heavy atom. The molecule has 2 N–H and O–H groups in total. The summed E-state index contributed by atoms with van der Waals surface area (Å²) in [6.45, 7) is 7.70. The Balaban J connectivity index is 2.83. The zero-order valence-corrected chi connectivity index (χ0v) is 11.7. The molecule has 0 unspecified atom stereocenters. The van der Waals surface area contributed by atoms with Gasteiger partial charge in [-0.05, 0) is 13.8 Å². The normalized spacial score (nSPS) is 11.1. The lowest BCUT2D eigenvalue weighted by Gasteiger charge is -2.24. The topological polar surface area (TPSA) is 99.2 Å². The number of aromatic amines is 1. The van der Waals surface area contributed by atoms with E-state index in [1.54, 1.807) is 0 Å². The van der Waals surface area contributed by atoms with Gasteiger partial charge in [0.25, 0.3) is 5.91 Å². The van der Waals surface area contributed by atoms with E-state index in [0.29, 0.717) is 5.82 Å². The highest BCUT2D eigenvalue weighted by Crippen LogP contribution is 2.10. The molecule has 106 valence electrons. The first-order valence-electron chi connectivity index (χ1n) is 6.28. The fraction of sp³-hybridized carbons (Fsp3) is 0.667. The second kappa shape index (κ2) is 6.31. The highest BCUT2D eigenvalue weighted by atomic mass is 16.4. The Bertz CT molecular complexity index is 454. The van der Waals surface area contributed by atoms with E-state index in [1.165, 1.54) is 4.90 Å². The Kier molecular flexibility index (Phi) is 5.02. The average Bonchev–Trinajstić information content (AvgIpc) is 2.77. The molecule has 7 heteroatoms. The molecule has 19 heavy (non-hydrogen) atoms. The van der Waals surface area contributed by atoms with E-state index in [9.17, 15) is 9.59 Å². The fourth-order valence-electron chi connectivity index (χ4n) is 1.57. The first-order valence-corrected chi connectivity index (χ1v) is 6.28. The van der Waals surface area contributed by atoms with Gasteiger partial charge in [0.2, 0.25) is 5.82 Å². The summed E-state index contributed by atoms with van der Waals surface area (Å²) in [5.74, 6) is -0.399. The molecule has 7 nitrogen and oxygen atoms in total. The maximum Gasteiger partial charge on any atom is 0.305 e. The summed E-state index contributed by atoms with van der Waals surface area (Å²) in [6, 6.07) is -0.104. The van der Waals surface area contributed by atoms with E-state index >= 15 is 0 Å². The smallest absolute Gasteiger partial charge is 0.305 e. The van der Waals surface area contributed by atoms with Crippen LogP contribution in [0.1, 0.15) is 56.5 Å². The molecular weight excluding hydrogens is 248 g/mol. The van der Waals surface area contributed by atoms with Crippen LogP contribution in [0.2, 0.25) is 0 Å². The lowest BCUT2D eigenvalue weighted by Crippen LogP contribution is -2.39. The van der Waals surface area contributed by atoms with Crippen molar-refractivity contribution in [2.45, 2.75) is 46.1 Å². The molecule has 0 saturated carbocycles. The number of rotatable bonds is 6. The third-order valence-electron chi connectivity index (χ3n) is 2.69. The molecule has 0 aliphatic carbocycles. The molecule has 0 atom stereocenters. The number of nitrogens with zero attached hydrogens (tertiary/aromatic N) is 3. The van der Waals surface area contributed by atoms with Gasteiger partial charge in [0.1, 0.15) is 5.82 Å². The van der Waals surface area contributed by atoms with Crippen LogP contribution in [0.25, 0.3) is 0 Å². The number of nitrogens with one attached hydrogen (secondary N) is 1. The van der Waals surface area contributed by atoms with Crippen LogP contribution in [0.3, 0.4) is 0 Å². The van der Waals surface area contributed by atoms with Crippen LogP contribution in [0, 0.1) is 0 Å². The minimum absolute atomic E-state index is 0.0859. The molecule has 1 rings (SSSR count). The van der Waals surface area contributed by atoms with Gasteiger partial charge < -0.3 is 10.0 Å². The summed E-state index contributed by atoms with van der Waals surface area (Å²) in [5, 5.41) is 15.3. The van der Waals surface area contributed by atoms with Gasteiger partial charge in [0, 0.05) is 18.5 Å². The standard InChI is InChI=1S/C12H20N4O3/c1-7(2)10-13-11(15-14-10)12(19)16(8(3)4)6-5-9(17)18/h7-8H,5-6H2,1-4H3,(H,17,18)(H,13,14,15). The average molecular weight is 268 g/mol. The van der Waals surface area contributed by atoms with Crippen molar-refractivity contribution in [2.75, 3.05) is 6.54 Å². The number of hydrogen-bond donors (Lipinski definition) is 2. The third-order valence-corrected chi connectivity index (χ3v) is 2.69. The second-order valence-corrected chi connectivity index (χ2v) is 4.93. The molecule has 1 heterocycles. The number of aliphatic carboxylic acids is 1. The van der Waals surface area contributed by atoms with Crippen LogP contribution in [-0.2, 0) is 4.79 Å². The van der Waals surface area contributed by atoms with Crippen molar-refractivity contribution in [1.29, 1.82) is 0 Å². The number of carboxylic acids is 1. The zero-order valence-electron chi connectivity index (χ0n) is 11.7. The summed E-state index contributed by atoms with van der Waals surface area (Å²) in [5.41, 5.74) is 0. The van der Waals surface area contributed by atoms with Crippen LogP contribution in [0.5, 0.6) is 0 Å². The van der Waals surface area contributed by atoms with Crippen LogP contribution in [0.4, 0.5) is 0 Å². The predicted molar refractivity (Wildman–Crippen MR) is 68.9 cm³/mol. The summed E-state index contributed by atoms with van der Waals surface area (Å²) in [6.07, 6.45) is -0.0919. The number of carboxylic acid groups (broad SMARTS) is 1. The SMILES string of the molecule is CC(C)c1nc(C(=O)N(CCC(=O)O)C(C)C)n[nH]1. The van der Waals surface area contributed by atoms with Gasteiger partial charge in [0.05, 0.1) is 6.42 Å². The van der Waals surface area contributed by atoms with Gasteiger partial charge in [-0.1, -0.05) is 13.8 Å². The Morgan fingerprint density at radius 1 is 1.32 bits per heavy atom. The van der Waals surface area contributed by atoms with Crippen LogP contribution < -0.4 is 0 Å². The van der Waals surface area contributed by atoms with Gasteiger partial charge >= 0.3 is 5.97 Å². The summed E-state index contributed by atoms with van der Waals surface area (Å²) >= 11 is 0. The molecule has 0 radical (unpaired) electrons. The molecule has 1 amide bonds. The Morgan fingerprint density at radius 3 is 2.37 bits per heavy atom. The number of carbonyl (C=O) groups is 2. The minimum atomic E-state index is -0.934. The van der Waals surface area contributed by atoms with Crippen molar-refractivity contribution >= 4 is 11.9 Å². The van der Waals surface area contributed by atoms with Gasteiger partial charge in [-0.25, -0.2) is 4.98 Å². The maximum absolute atomic E-state index is 12.2. The lowest BCUT2D eigenvalue weighted by molar-refractivity contribution is -0.137. The van der Waals surface area contributed by atoms with Crippen molar-refractivity contribution in [3.8, 4) is 0 Å². The van der Waals surface area contributed by atoms with Crippen molar-refractivity contribution in [1.82, 2.24) is 20.1 Å². The molecule has 0 aliphatic heterocycles. The summed E-state index contributed by atoms with van der Waals surface area (Å²) in [7, 11) is 0. The number of H-pyrrole nitrogens is 1. The Labute approximate surface area is 112 Å². The first kappa shape index (κ1) is 15.1. The molecule has 0 saturated heterocycles. The van der Waals surface area contributed by atoms with Crippen LogP contribution in [0.15, 0.2) is 0 Å². The third kappa shape index (κ3) is 4.04.